The first-order chi connectivity index (χ1) is 40.8. The highest BCUT2D eigenvalue weighted by molar-refractivity contribution is 7.47. The van der Waals surface area contributed by atoms with Crippen molar-refractivity contribution in [2.45, 2.75) is 200 Å². The van der Waals surface area contributed by atoms with Crippen LogP contribution in [0.25, 0.3) is 0 Å². The van der Waals surface area contributed by atoms with Crippen LogP contribution in [0.1, 0.15) is 194 Å². The van der Waals surface area contributed by atoms with Crippen LogP contribution in [0, 0.1) is 0 Å². The average Bonchev–Trinajstić information content (AvgIpc) is 3.48. The second-order valence-electron chi connectivity index (χ2n) is 19.5. The molecule has 3 N–H and O–H groups in total. The van der Waals surface area contributed by atoms with Gasteiger partial charge in [-0.25, -0.2) is 4.57 Å². The van der Waals surface area contributed by atoms with Gasteiger partial charge in [0.1, 0.15) is 6.61 Å². The van der Waals surface area contributed by atoms with Gasteiger partial charge in [-0.15, -0.1) is 0 Å². The van der Waals surface area contributed by atoms with Crippen molar-refractivity contribution in [3.05, 3.63) is 219 Å². The molecule has 0 amide bonds. The minimum atomic E-state index is -4.43. The number of carbonyl (C=O) groups is 2. The maximum atomic E-state index is 12.7. The smallest absolute Gasteiger partial charge is 0.462 e. The van der Waals surface area contributed by atoms with E-state index in [1.54, 1.807) is 0 Å². The summed E-state index contributed by atoms with van der Waals surface area (Å²) in [6.07, 6.45) is 103. The average molecular weight is 1160 g/mol. The summed E-state index contributed by atoms with van der Waals surface area (Å²) >= 11 is 0. The number of hydrogen-bond donors (Lipinski definition) is 2. The van der Waals surface area contributed by atoms with Crippen molar-refractivity contribution < 1.29 is 37.6 Å². The van der Waals surface area contributed by atoms with Gasteiger partial charge in [-0.2, -0.15) is 0 Å². The fraction of sp³-hybridized carbons (Fsp3) is 0.479. The summed E-state index contributed by atoms with van der Waals surface area (Å²) in [4.78, 5) is 35.2. The van der Waals surface area contributed by atoms with Crippen LogP contribution in [0.5, 0.6) is 0 Å². The molecule has 0 aliphatic heterocycles. The molecule has 2 atom stereocenters. The third kappa shape index (κ3) is 65.4. The van der Waals surface area contributed by atoms with Crippen LogP contribution < -0.4 is 5.73 Å². The third-order valence-electron chi connectivity index (χ3n) is 11.9. The highest BCUT2D eigenvalue weighted by Gasteiger charge is 2.26. The lowest BCUT2D eigenvalue weighted by atomic mass is 10.1. The van der Waals surface area contributed by atoms with Crippen molar-refractivity contribution >= 4 is 19.8 Å². The fourth-order valence-electron chi connectivity index (χ4n) is 7.33. The van der Waals surface area contributed by atoms with E-state index >= 15 is 0 Å². The molecular formula is C73H110NO8P. The lowest BCUT2D eigenvalue weighted by Gasteiger charge is -2.19. The van der Waals surface area contributed by atoms with Crippen molar-refractivity contribution in [2.24, 2.45) is 5.73 Å². The van der Waals surface area contributed by atoms with Crippen LogP contribution in [0.15, 0.2) is 219 Å². The van der Waals surface area contributed by atoms with Crippen molar-refractivity contribution in [2.75, 3.05) is 26.4 Å². The number of hydrogen-bond acceptors (Lipinski definition) is 8. The zero-order valence-electron chi connectivity index (χ0n) is 51.3. The summed E-state index contributed by atoms with van der Waals surface area (Å²) in [5, 5.41) is 0. The Hall–Kier alpha value is -5.67. The normalized spacial score (nSPS) is 14.5. The Morgan fingerprint density at radius 3 is 0.964 bits per heavy atom. The van der Waals surface area contributed by atoms with E-state index < -0.39 is 32.5 Å². The summed E-state index contributed by atoms with van der Waals surface area (Å²) in [5.41, 5.74) is 5.38. The number of unbranched alkanes of at least 4 members (excludes halogenated alkanes) is 6. The highest BCUT2D eigenvalue weighted by atomic mass is 31.2. The van der Waals surface area contributed by atoms with E-state index in [4.69, 9.17) is 24.3 Å². The zero-order chi connectivity index (χ0) is 60.1. The van der Waals surface area contributed by atoms with Crippen molar-refractivity contribution in [1.29, 1.82) is 0 Å². The summed E-state index contributed by atoms with van der Waals surface area (Å²) in [6.45, 7) is 3.38. The molecule has 9 nitrogen and oxygen atoms in total. The standard InChI is InChI=1S/C73H110NO8P/c1-3-5-7-9-11-13-15-17-19-21-23-25-27-28-29-30-31-32-33-34-35-36-37-38-39-40-41-42-44-46-48-50-52-54-56-58-60-62-64-66-73(76)82-71(70-81-83(77,78)80-68-67-74)69-79-72(75)65-63-61-59-57-55-53-51-49-47-45-43-26-24-22-20-18-16-14-12-10-8-6-4-2/h5-8,11-14,17-20,23-26,28-29,31-32,34-35,37-38,40-41,44-47,50-53,57,59,71H,3-4,9-10,15-16,21-22,27,30,33,36,39,42-43,48-49,54-56,58,60-70,74H2,1-2H3,(H,77,78)/b7-5-,8-6-,13-11-,14-12-,19-17-,20-18-,25-23-,26-24-,29-28-,32-31-,35-34-,38-37-,41-40-,46-44-,47-45-,52-50-,53-51-,59-57-. The van der Waals surface area contributed by atoms with E-state index in [1.165, 1.54) is 0 Å². The Labute approximate surface area is 505 Å². The van der Waals surface area contributed by atoms with Gasteiger partial charge in [0, 0.05) is 19.4 Å². The Bertz CT molecular complexity index is 2150. The maximum Gasteiger partial charge on any atom is 0.472 e. The summed E-state index contributed by atoms with van der Waals surface area (Å²) in [6, 6.07) is 0. The Kier molecular flexibility index (Phi) is 61.0. The predicted octanol–water partition coefficient (Wildman–Crippen LogP) is 20.5. The van der Waals surface area contributed by atoms with Gasteiger partial charge < -0.3 is 20.1 Å². The topological polar surface area (TPSA) is 134 Å². The molecule has 0 radical (unpaired) electrons. The summed E-state index contributed by atoms with van der Waals surface area (Å²) in [5.74, 6) is -0.941. The van der Waals surface area contributed by atoms with Crippen molar-refractivity contribution in [3.63, 3.8) is 0 Å². The van der Waals surface area contributed by atoms with Crippen LogP contribution in [0.2, 0.25) is 0 Å². The molecule has 0 aliphatic rings. The fourth-order valence-corrected chi connectivity index (χ4v) is 8.10. The monoisotopic (exact) mass is 1160 g/mol. The van der Waals surface area contributed by atoms with E-state index in [-0.39, 0.29) is 32.6 Å². The first-order valence-corrected chi connectivity index (χ1v) is 32.7. The summed E-state index contributed by atoms with van der Waals surface area (Å²) < 4.78 is 33.0. The van der Waals surface area contributed by atoms with Gasteiger partial charge in [-0.05, 0) is 148 Å². The molecule has 0 spiro atoms. The van der Waals surface area contributed by atoms with Gasteiger partial charge in [0.05, 0.1) is 13.2 Å². The van der Waals surface area contributed by atoms with Crippen molar-refractivity contribution in [1.82, 2.24) is 0 Å². The number of phosphoric acid groups is 1. The van der Waals surface area contributed by atoms with Gasteiger partial charge in [-0.3, -0.25) is 18.6 Å². The zero-order valence-corrected chi connectivity index (χ0v) is 52.2. The van der Waals surface area contributed by atoms with Gasteiger partial charge in [-0.1, -0.05) is 252 Å². The molecule has 83 heavy (non-hydrogen) atoms. The predicted molar refractivity (Wildman–Crippen MR) is 357 cm³/mol. The number of allylic oxidation sites excluding steroid dienone is 36. The SMILES string of the molecule is CC/C=C\C/C=C\C/C=C\C/C=C\C/C=C\C/C=C\C/C=C\C/C=C\C/C=C\C/C=C\C/C=C\CCCCCCCC(=O)OC(COC(=O)CCC/C=C\C/C=C\C/C=C\C/C=C\C/C=C\C/C=C\C/C=C\CC)COP(=O)(O)OCCN. The van der Waals surface area contributed by atoms with Crippen LogP contribution in [-0.4, -0.2) is 49.3 Å². The lowest BCUT2D eigenvalue weighted by Crippen LogP contribution is -2.29. The third-order valence-corrected chi connectivity index (χ3v) is 12.8. The molecule has 0 aromatic heterocycles. The molecule has 0 saturated carbocycles. The van der Waals surface area contributed by atoms with Gasteiger partial charge in [0.15, 0.2) is 6.10 Å². The van der Waals surface area contributed by atoms with Gasteiger partial charge in [0.25, 0.3) is 0 Å². The molecule has 0 aromatic rings. The number of esters is 2. The van der Waals surface area contributed by atoms with Crippen LogP contribution in [0.3, 0.4) is 0 Å². The van der Waals surface area contributed by atoms with Crippen LogP contribution in [-0.2, 0) is 32.7 Å². The van der Waals surface area contributed by atoms with Crippen molar-refractivity contribution in [3.8, 4) is 0 Å². The van der Waals surface area contributed by atoms with Gasteiger partial charge in [0.2, 0.25) is 0 Å². The van der Waals surface area contributed by atoms with E-state index in [2.05, 4.69) is 227 Å². The Morgan fingerprint density at radius 1 is 0.361 bits per heavy atom. The Balaban J connectivity index is 4.15. The second-order valence-corrected chi connectivity index (χ2v) is 20.9. The largest absolute Gasteiger partial charge is 0.472 e. The molecule has 10 heteroatoms. The number of nitrogens with two attached hydrogens (primary N) is 1. The number of carbonyl (C=O) groups excluding carboxylic acids is 2. The molecule has 460 valence electrons. The lowest BCUT2D eigenvalue weighted by molar-refractivity contribution is -0.161. The minimum Gasteiger partial charge on any atom is -0.462 e. The molecule has 0 aliphatic carbocycles. The second kappa shape index (κ2) is 65.5. The number of phosphoric ester groups is 1. The quantitative estimate of drug-likeness (QED) is 0.0264. The highest BCUT2D eigenvalue weighted by Crippen LogP contribution is 2.43. The molecule has 0 heterocycles. The first-order valence-electron chi connectivity index (χ1n) is 31.2. The van der Waals surface area contributed by atoms with Crippen LogP contribution in [0.4, 0.5) is 0 Å². The summed E-state index contributed by atoms with van der Waals surface area (Å²) in [7, 11) is -4.43. The first kappa shape index (κ1) is 77.3. The van der Waals surface area contributed by atoms with E-state index in [0.717, 1.165) is 148 Å². The molecule has 0 saturated heterocycles. The Morgan fingerprint density at radius 2 is 0.639 bits per heavy atom. The number of ether oxygens (including phenoxy) is 2. The van der Waals surface area contributed by atoms with E-state index in [0.29, 0.717) is 19.3 Å². The minimum absolute atomic E-state index is 0.0291. The van der Waals surface area contributed by atoms with E-state index in [1.807, 2.05) is 6.08 Å². The molecule has 0 bridgehead atoms. The molecule has 0 aromatic carbocycles. The molecular weight excluding hydrogens is 1050 g/mol. The van der Waals surface area contributed by atoms with E-state index in [9.17, 15) is 19.0 Å². The van der Waals surface area contributed by atoms with Crippen LogP contribution >= 0.6 is 7.82 Å². The molecule has 0 fully saturated rings. The maximum absolute atomic E-state index is 12.7. The molecule has 0 rings (SSSR count). The van der Waals surface area contributed by atoms with Gasteiger partial charge >= 0.3 is 19.8 Å². The molecule has 2 unspecified atom stereocenters. The number of rotatable bonds is 55.